The molecule has 0 spiro atoms. The van der Waals surface area contributed by atoms with Gasteiger partial charge in [0.1, 0.15) is 5.78 Å². The molecule has 5 heteroatoms. The second-order valence-corrected chi connectivity index (χ2v) is 8.92. The van der Waals surface area contributed by atoms with E-state index in [1.807, 2.05) is 41.5 Å². The van der Waals surface area contributed by atoms with Crippen LogP contribution < -0.4 is 5.32 Å². The number of nitrogens with zero attached hydrogens (tertiary/aromatic N) is 1. The van der Waals surface area contributed by atoms with Crippen molar-refractivity contribution in [3.05, 3.63) is 0 Å². The predicted molar refractivity (Wildman–Crippen MR) is 90.8 cm³/mol. The first-order chi connectivity index (χ1) is 10.4. The largest absolute Gasteiger partial charge is 0.318 e. The van der Waals surface area contributed by atoms with Crippen molar-refractivity contribution in [1.29, 1.82) is 0 Å². The molecular weight excluding hydrogens is 292 g/mol. The summed E-state index contributed by atoms with van der Waals surface area (Å²) in [7, 11) is 1.77. The van der Waals surface area contributed by atoms with Crippen molar-refractivity contribution in [2.75, 3.05) is 13.6 Å². The van der Waals surface area contributed by atoms with E-state index in [2.05, 4.69) is 5.32 Å². The van der Waals surface area contributed by atoms with Crippen LogP contribution in [0.3, 0.4) is 0 Å². The summed E-state index contributed by atoms with van der Waals surface area (Å²) in [5, 5.41) is 3.01. The molecule has 5 nitrogen and oxygen atoms in total. The van der Waals surface area contributed by atoms with Gasteiger partial charge in [-0.2, -0.15) is 0 Å². The fourth-order valence-electron chi connectivity index (χ4n) is 3.13. The minimum absolute atomic E-state index is 0.0890. The summed E-state index contributed by atoms with van der Waals surface area (Å²) < 4.78 is 0. The third kappa shape index (κ3) is 5.41. The van der Waals surface area contributed by atoms with Crippen LogP contribution in [0.4, 0.5) is 0 Å². The molecule has 132 valence electrons. The van der Waals surface area contributed by atoms with E-state index >= 15 is 0 Å². The molecule has 1 rings (SSSR count). The van der Waals surface area contributed by atoms with Gasteiger partial charge in [-0.25, -0.2) is 0 Å². The number of carbonyl (C=O) groups excluding carboxylic acids is 3. The molecule has 23 heavy (non-hydrogen) atoms. The Morgan fingerprint density at radius 3 is 2.17 bits per heavy atom. The van der Waals surface area contributed by atoms with Crippen molar-refractivity contribution in [2.45, 2.75) is 66.8 Å². The second kappa shape index (κ2) is 7.12. The molecule has 1 aliphatic rings. The van der Waals surface area contributed by atoms with Crippen molar-refractivity contribution < 1.29 is 14.4 Å². The molecule has 0 aliphatic carbocycles. The lowest BCUT2D eigenvalue weighted by Gasteiger charge is -2.29. The molecule has 1 aliphatic heterocycles. The molecule has 0 bridgehead atoms. The van der Waals surface area contributed by atoms with Gasteiger partial charge in [0.05, 0.1) is 12.0 Å². The highest BCUT2D eigenvalue weighted by Gasteiger charge is 2.47. The van der Waals surface area contributed by atoms with E-state index in [-0.39, 0.29) is 53.2 Å². The maximum absolute atomic E-state index is 12.7. The fourth-order valence-corrected chi connectivity index (χ4v) is 3.13. The summed E-state index contributed by atoms with van der Waals surface area (Å²) in [6.45, 7) is 12.4. The molecular formula is C18H32N2O3. The molecule has 2 unspecified atom stereocenters. The number of nitrogens with one attached hydrogen (secondary N) is 1. The van der Waals surface area contributed by atoms with Gasteiger partial charge in [-0.1, -0.05) is 41.5 Å². The van der Waals surface area contributed by atoms with E-state index < -0.39 is 0 Å². The summed E-state index contributed by atoms with van der Waals surface area (Å²) in [6, 6.07) is -0.387. The highest BCUT2D eigenvalue weighted by Crippen LogP contribution is 2.36. The van der Waals surface area contributed by atoms with Crippen LogP contribution in [0.15, 0.2) is 0 Å². The van der Waals surface area contributed by atoms with E-state index in [1.54, 1.807) is 7.05 Å². The first-order valence-electron chi connectivity index (χ1n) is 8.39. The molecule has 0 aromatic heterocycles. The first-order valence-corrected chi connectivity index (χ1v) is 8.39. The summed E-state index contributed by atoms with van der Waals surface area (Å²) in [4.78, 5) is 38.8. The second-order valence-electron chi connectivity index (χ2n) is 8.92. The van der Waals surface area contributed by atoms with Gasteiger partial charge >= 0.3 is 0 Å². The molecule has 1 saturated heterocycles. The van der Waals surface area contributed by atoms with Gasteiger partial charge in [-0.05, 0) is 17.9 Å². The third-order valence-corrected chi connectivity index (χ3v) is 4.22. The van der Waals surface area contributed by atoms with Crippen LogP contribution >= 0.6 is 0 Å². The maximum atomic E-state index is 12.7. The van der Waals surface area contributed by atoms with Gasteiger partial charge in [0.15, 0.2) is 0 Å². The number of carbonyl (C=O) groups is 3. The quantitative estimate of drug-likeness (QED) is 0.762. The number of Topliss-reactive ketones (excluding diaryl/α,β-unsaturated/α-hetero) is 1. The van der Waals surface area contributed by atoms with Crippen LogP contribution in [0.5, 0.6) is 0 Å². The van der Waals surface area contributed by atoms with Gasteiger partial charge in [-0.15, -0.1) is 0 Å². The Hall–Kier alpha value is -1.23. The fraction of sp³-hybridized carbons (Fsp3) is 0.833. The number of hydrogen-bond acceptors (Lipinski definition) is 4. The number of rotatable bonds is 6. The molecule has 2 atom stereocenters. The first kappa shape index (κ1) is 19.8. The van der Waals surface area contributed by atoms with E-state index in [1.165, 1.54) is 4.90 Å². The van der Waals surface area contributed by atoms with Crippen molar-refractivity contribution in [3.8, 4) is 0 Å². The monoisotopic (exact) mass is 324 g/mol. The van der Waals surface area contributed by atoms with Gasteiger partial charge < -0.3 is 5.32 Å². The number of hydrogen-bond donors (Lipinski definition) is 1. The molecule has 0 aromatic rings. The molecule has 2 amide bonds. The molecule has 0 saturated carbocycles. The lowest BCUT2D eigenvalue weighted by atomic mass is 9.80. The zero-order chi connectivity index (χ0) is 18.0. The normalized spacial score (nSPS) is 21.0. The van der Waals surface area contributed by atoms with Crippen LogP contribution in [0.1, 0.15) is 60.8 Å². The standard InChI is InChI=1S/C18H32N2O3/c1-17(2,3)10-13(21)8-12(11-19-7)20-15(22)9-14(16(20)23)18(4,5)6/h12,14,19H,8-11H2,1-7H3. The van der Waals surface area contributed by atoms with Gasteiger partial charge in [0.2, 0.25) is 11.8 Å². The number of imide groups is 1. The van der Waals surface area contributed by atoms with Crippen molar-refractivity contribution in [3.63, 3.8) is 0 Å². The van der Waals surface area contributed by atoms with E-state index in [0.717, 1.165) is 0 Å². The average Bonchev–Trinajstić information content (AvgIpc) is 2.61. The Labute approximate surface area is 140 Å². The zero-order valence-electron chi connectivity index (χ0n) is 15.7. The van der Waals surface area contributed by atoms with Gasteiger partial charge in [0, 0.05) is 25.8 Å². The van der Waals surface area contributed by atoms with Crippen LogP contribution in [0, 0.1) is 16.7 Å². The van der Waals surface area contributed by atoms with Gasteiger partial charge in [0.25, 0.3) is 0 Å². The van der Waals surface area contributed by atoms with Crippen molar-refractivity contribution in [1.82, 2.24) is 10.2 Å². The highest BCUT2D eigenvalue weighted by atomic mass is 16.2. The zero-order valence-corrected chi connectivity index (χ0v) is 15.7. The summed E-state index contributed by atoms with van der Waals surface area (Å²) in [5.74, 6) is -0.491. The van der Waals surface area contributed by atoms with Crippen LogP contribution in [-0.4, -0.2) is 42.1 Å². The Morgan fingerprint density at radius 1 is 1.22 bits per heavy atom. The summed E-state index contributed by atoms with van der Waals surface area (Å²) in [6.07, 6.45) is 0.925. The number of ketones is 1. The Bertz CT molecular complexity index is 472. The topological polar surface area (TPSA) is 66.5 Å². The molecule has 1 fully saturated rings. The van der Waals surface area contributed by atoms with E-state index in [4.69, 9.17) is 0 Å². The van der Waals surface area contributed by atoms with Crippen molar-refractivity contribution >= 4 is 17.6 Å². The summed E-state index contributed by atoms with van der Waals surface area (Å²) in [5.41, 5.74) is -0.338. The van der Waals surface area contributed by atoms with Crippen molar-refractivity contribution in [2.24, 2.45) is 16.7 Å². The minimum atomic E-state index is -0.387. The van der Waals surface area contributed by atoms with Crippen LogP contribution in [0.25, 0.3) is 0 Å². The molecule has 1 heterocycles. The Kier molecular flexibility index (Phi) is 6.13. The maximum Gasteiger partial charge on any atom is 0.233 e. The molecule has 0 aromatic carbocycles. The molecule has 1 N–H and O–H groups in total. The van der Waals surface area contributed by atoms with E-state index in [9.17, 15) is 14.4 Å². The predicted octanol–water partition coefficient (Wildman–Crippen LogP) is 2.39. The smallest absolute Gasteiger partial charge is 0.233 e. The minimum Gasteiger partial charge on any atom is -0.318 e. The Balaban J connectivity index is 2.91. The number of amides is 2. The van der Waals surface area contributed by atoms with Crippen LogP contribution in [0.2, 0.25) is 0 Å². The lowest BCUT2D eigenvalue weighted by molar-refractivity contribution is -0.143. The number of likely N-dealkylation sites (tertiary alicyclic amines) is 1. The Morgan fingerprint density at radius 2 is 1.78 bits per heavy atom. The number of likely N-dealkylation sites (N-methyl/N-ethyl adjacent to an activating group) is 1. The van der Waals surface area contributed by atoms with E-state index in [0.29, 0.717) is 13.0 Å². The lowest BCUT2D eigenvalue weighted by Crippen LogP contribution is -2.47. The van der Waals surface area contributed by atoms with Crippen LogP contribution in [-0.2, 0) is 14.4 Å². The third-order valence-electron chi connectivity index (χ3n) is 4.22. The van der Waals surface area contributed by atoms with Gasteiger partial charge in [-0.3, -0.25) is 19.3 Å². The average molecular weight is 324 g/mol. The SMILES string of the molecule is CNCC(CC(=O)CC(C)(C)C)N1C(=O)CC(C(C)(C)C)C1=O. The summed E-state index contributed by atoms with van der Waals surface area (Å²) >= 11 is 0. The molecule has 0 radical (unpaired) electrons. The highest BCUT2D eigenvalue weighted by molar-refractivity contribution is 6.04.